The number of oxazole rings is 1. The zero-order valence-electron chi connectivity index (χ0n) is 15.6. The molecule has 2 amide bonds. The lowest BCUT2D eigenvalue weighted by molar-refractivity contribution is -0.141. The predicted octanol–water partition coefficient (Wildman–Crippen LogP) is 1.92. The molecule has 0 N–H and O–H groups in total. The molecule has 4 rings (SSSR count). The molecule has 27 heavy (non-hydrogen) atoms. The Labute approximate surface area is 158 Å². The van der Waals surface area contributed by atoms with Crippen LogP contribution in [0.1, 0.15) is 30.7 Å². The first-order valence-corrected chi connectivity index (χ1v) is 9.64. The van der Waals surface area contributed by atoms with Crippen LogP contribution in [-0.4, -0.2) is 65.5 Å². The summed E-state index contributed by atoms with van der Waals surface area (Å²) >= 11 is 0. The van der Waals surface area contributed by atoms with Crippen LogP contribution in [0.2, 0.25) is 0 Å². The molecule has 2 fully saturated rings. The van der Waals surface area contributed by atoms with Gasteiger partial charge in [-0.3, -0.25) is 9.59 Å². The molecule has 1 aromatic heterocycles. The molecule has 144 valence electrons. The van der Waals surface area contributed by atoms with E-state index in [0.717, 1.165) is 30.3 Å². The van der Waals surface area contributed by atoms with Crippen LogP contribution in [0.5, 0.6) is 0 Å². The van der Waals surface area contributed by atoms with Crippen molar-refractivity contribution < 1.29 is 18.7 Å². The lowest BCUT2D eigenvalue weighted by Gasteiger charge is -2.24. The molecule has 7 nitrogen and oxygen atoms in total. The molecule has 0 spiro atoms. The van der Waals surface area contributed by atoms with Gasteiger partial charge in [-0.25, -0.2) is 4.98 Å². The summed E-state index contributed by atoms with van der Waals surface area (Å²) < 4.78 is 11.1. The van der Waals surface area contributed by atoms with Gasteiger partial charge >= 0.3 is 0 Å². The van der Waals surface area contributed by atoms with E-state index in [-0.39, 0.29) is 17.9 Å². The second-order valence-electron chi connectivity index (χ2n) is 7.27. The zero-order valence-corrected chi connectivity index (χ0v) is 15.6. The molecule has 0 saturated carbocycles. The number of hydrogen-bond donors (Lipinski definition) is 0. The molecule has 0 radical (unpaired) electrons. The number of fused-ring (bicyclic) bond motifs is 1. The highest BCUT2D eigenvalue weighted by Gasteiger charge is 2.30. The first-order chi connectivity index (χ1) is 13.1. The number of benzene rings is 1. The van der Waals surface area contributed by atoms with Crippen LogP contribution in [0.3, 0.4) is 0 Å². The number of rotatable bonds is 3. The molecular formula is C20H25N3O4. The van der Waals surface area contributed by atoms with E-state index in [2.05, 4.69) is 4.98 Å². The first-order valence-electron chi connectivity index (χ1n) is 9.64. The Morgan fingerprint density at radius 1 is 1.15 bits per heavy atom. The van der Waals surface area contributed by atoms with Crippen LogP contribution in [-0.2, 0) is 20.7 Å². The summed E-state index contributed by atoms with van der Waals surface area (Å²) in [6.07, 6.45) is 2.59. The van der Waals surface area contributed by atoms with E-state index >= 15 is 0 Å². The van der Waals surface area contributed by atoms with E-state index in [1.807, 2.05) is 34.9 Å². The maximum atomic E-state index is 12.7. The Morgan fingerprint density at radius 2 is 1.96 bits per heavy atom. The van der Waals surface area contributed by atoms with Gasteiger partial charge in [-0.2, -0.15) is 0 Å². The van der Waals surface area contributed by atoms with Gasteiger partial charge in [0.2, 0.25) is 5.91 Å². The fourth-order valence-corrected chi connectivity index (χ4v) is 3.84. The van der Waals surface area contributed by atoms with Gasteiger partial charge < -0.3 is 19.0 Å². The molecular weight excluding hydrogens is 346 g/mol. The Hall–Kier alpha value is -2.41. The monoisotopic (exact) mass is 371 g/mol. The van der Waals surface area contributed by atoms with Crippen molar-refractivity contribution in [3.8, 4) is 0 Å². The van der Waals surface area contributed by atoms with Gasteiger partial charge in [-0.1, -0.05) is 6.07 Å². The van der Waals surface area contributed by atoms with Gasteiger partial charge in [0.1, 0.15) is 11.6 Å². The van der Waals surface area contributed by atoms with Crippen LogP contribution in [0, 0.1) is 6.92 Å². The molecule has 0 bridgehead atoms. The summed E-state index contributed by atoms with van der Waals surface area (Å²) in [6, 6.07) is 5.70. The van der Waals surface area contributed by atoms with Crippen molar-refractivity contribution in [3.05, 3.63) is 29.7 Å². The van der Waals surface area contributed by atoms with Gasteiger partial charge in [0.05, 0.1) is 6.42 Å². The maximum Gasteiger partial charge on any atom is 0.251 e. The molecule has 7 heteroatoms. The average molecular weight is 371 g/mol. The van der Waals surface area contributed by atoms with E-state index in [1.165, 1.54) is 0 Å². The van der Waals surface area contributed by atoms with Crippen molar-refractivity contribution in [2.75, 3.05) is 32.8 Å². The maximum absolute atomic E-state index is 12.7. The van der Waals surface area contributed by atoms with Crippen molar-refractivity contribution in [2.24, 2.45) is 0 Å². The third-order valence-corrected chi connectivity index (χ3v) is 5.28. The van der Waals surface area contributed by atoms with Gasteiger partial charge in [-0.05, 0) is 37.0 Å². The van der Waals surface area contributed by atoms with Crippen LogP contribution in [0.15, 0.2) is 22.6 Å². The van der Waals surface area contributed by atoms with Crippen LogP contribution in [0.4, 0.5) is 0 Å². The Morgan fingerprint density at radius 3 is 2.78 bits per heavy atom. The minimum Gasteiger partial charge on any atom is -0.441 e. The van der Waals surface area contributed by atoms with Gasteiger partial charge in [0.15, 0.2) is 11.5 Å². The van der Waals surface area contributed by atoms with E-state index in [4.69, 9.17) is 9.15 Å². The third kappa shape index (κ3) is 3.98. The van der Waals surface area contributed by atoms with Crippen LogP contribution < -0.4 is 0 Å². The standard InChI is InChI=1S/C20H25N3O4/c1-14-21-16-6-5-15(12-18(16)27-14)13-19(24)22-7-3-8-23(10-9-22)20(25)17-4-2-11-26-17/h5-6,12,17H,2-4,7-11,13H2,1H3. The predicted molar refractivity (Wildman–Crippen MR) is 99.2 cm³/mol. The van der Waals surface area contributed by atoms with Crippen molar-refractivity contribution in [1.29, 1.82) is 0 Å². The summed E-state index contributed by atoms with van der Waals surface area (Å²) in [4.78, 5) is 33.3. The third-order valence-electron chi connectivity index (χ3n) is 5.28. The highest BCUT2D eigenvalue weighted by molar-refractivity contribution is 5.82. The molecule has 1 atom stereocenters. The Balaban J connectivity index is 1.36. The lowest BCUT2D eigenvalue weighted by Crippen LogP contribution is -2.42. The highest BCUT2D eigenvalue weighted by atomic mass is 16.5. The normalized spacial score (nSPS) is 20.9. The van der Waals surface area contributed by atoms with Crippen LogP contribution >= 0.6 is 0 Å². The lowest BCUT2D eigenvalue weighted by atomic mass is 10.1. The molecule has 0 aliphatic carbocycles. The molecule has 1 aromatic carbocycles. The SMILES string of the molecule is Cc1nc2ccc(CC(=O)N3CCCN(C(=O)C4CCCO4)CC3)cc2o1. The average Bonchev–Trinajstić information content (AvgIpc) is 3.23. The molecule has 3 heterocycles. The van der Waals surface area contributed by atoms with Crippen LogP contribution in [0.25, 0.3) is 11.1 Å². The summed E-state index contributed by atoms with van der Waals surface area (Å²) in [5.74, 6) is 0.780. The smallest absolute Gasteiger partial charge is 0.251 e. The zero-order chi connectivity index (χ0) is 18.8. The van der Waals surface area contributed by atoms with Crippen molar-refractivity contribution in [1.82, 2.24) is 14.8 Å². The number of aromatic nitrogens is 1. The molecule has 2 saturated heterocycles. The first kappa shape index (κ1) is 18.0. The summed E-state index contributed by atoms with van der Waals surface area (Å²) in [5, 5.41) is 0. The highest BCUT2D eigenvalue weighted by Crippen LogP contribution is 2.19. The topological polar surface area (TPSA) is 75.9 Å². The number of aryl methyl sites for hydroxylation is 1. The van der Waals surface area contributed by atoms with E-state index < -0.39 is 0 Å². The number of nitrogens with zero attached hydrogens (tertiary/aromatic N) is 3. The minimum atomic E-state index is -0.288. The summed E-state index contributed by atoms with van der Waals surface area (Å²) in [7, 11) is 0. The quantitative estimate of drug-likeness (QED) is 0.824. The summed E-state index contributed by atoms with van der Waals surface area (Å²) in [5.41, 5.74) is 2.43. The minimum absolute atomic E-state index is 0.0768. The number of hydrogen-bond acceptors (Lipinski definition) is 5. The number of carbonyl (C=O) groups excluding carboxylic acids is 2. The molecule has 2 aromatic rings. The number of ether oxygens (including phenoxy) is 1. The Bertz CT molecular complexity index is 841. The van der Waals surface area contributed by atoms with Crippen molar-refractivity contribution >= 4 is 22.9 Å². The van der Waals surface area contributed by atoms with E-state index in [0.29, 0.717) is 50.7 Å². The largest absolute Gasteiger partial charge is 0.441 e. The van der Waals surface area contributed by atoms with Gasteiger partial charge in [0.25, 0.3) is 5.91 Å². The number of carbonyl (C=O) groups is 2. The van der Waals surface area contributed by atoms with Gasteiger partial charge in [0, 0.05) is 39.7 Å². The fourth-order valence-electron chi connectivity index (χ4n) is 3.84. The molecule has 2 aliphatic heterocycles. The summed E-state index contributed by atoms with van der Waals surface area (Å²) in [6.45, 7) is 4.99. The van der Waals surface area contributed by atoms with Crippen molar-refractivity contribution in [3.63, 3.8) is 0 Å². The fraction of sp³-hybridized carbons (Fsp3) is 0.550. The molecule has 2 aliphatic rings. The van der Waals surface area contributed by atoms with Gasteiger partial charge in [-0.15, -0.1) is 0 Å². The Kier molecular flexibility index (Phi) is 5.11. The van der Waals surface area contributed by atoms with Crippen molar-refractivity contribution in [2.45, 2.75) is 38.7 Å². The van der Waals surface area contributed by atoms with E-state index in [1.54, 1.807) is 0 Å². The second-order valence-corrected chi connectivity index (χ2v) is 7.27. The second kappa shape index (κ2) is 7.68. The molecule has 1 unspecified atom stereocenters. The van der Waals surface area contributed by atoms with E-state index in [9.17, 15) is 9.59 Å². The number of amides is 2.